The number of hydrogen-bond donors (Lipinski definition) is 0. The first-order chi connectivity index (χ1) is 13.8. The van der Waals surface area contributed by atoms with Crippen molar-refractivity contribution in [3.63, 3.8) is 0 Å². The lowest BCUT2D eigenvalue weighted by atomic mass is 9.83. The maximum atomic E-state index is 12.8. The molecule has 0 saturated heterocycles. The number of hydrogen-bond acceptors (Lipinski definition) is 6. The zero-order chi connectivity index (χ0) is 21.8. The molecule has 0 atom stereocenters. The summed E-state index contributed by atoms with van der Waals surface area (Å²) in [7, 11) is -4.89. The van der Waals surface area contributed by atoms with Crippen LogP contribution < -0.4 is 0 Å². The second kappa shape index (κ2) is 13.5. The molecular weight excluding hydrogens is 423 g/mol. The molecule has 0 aliphatic rings. The van der Waals surface area contributed by atoms with Crippen LogP contribution in [0.4, 0.5) is 0 Å². The summed E-state index contributed by atoms with van der Waals surface area (Å²) in [6.07, 6.45) is 3.53. The summed E-state index contributed by atoms with van der Waals surface area (Å²) in [6, 6.07) is 7.91. The Kier molecular flexibility index (Phi) is 12.2. The highest BCUT2D eigenvalue weighted by molar-refractivity contribution is 7.48. The molecule has 0 amide bonds. The van der Waals surface area contributed by atoms with Gasteiger partial charge in [-0.1, -0.05) is 63.4 Å². The summed E-state index contributed by atoms with van der Waals surface area (Å²) in [4.78, 5) is 0. The van der Waals surface area contributed by atoms with Gasteiger partial charge in [-0.15, -0.1) is 13.2 Å². The second-order valence-corrected chi connectivity index (χ2v) is 10.6. The summed E-state index contributed by atoms with van der Waals surface area (Å²) in [5.74, 6) is 0. The molecule has 0 unspecified atom stereocenters. The van der Waals surface area contributed by atoms with Gasteiger partial charge < -0.3 is 8.85 Å². The molecule has 0 aromatic heterocycles. The van der Waals surface area contributed by atoms with Crippen LogP contribution in [0.15, 0.2) is 49.6 Å². The third-order valence-corrected chi connectivity index (χ3v) is 6.77. The zero-order valence-corrected chi connectivity index (χ0v) is 21.8. The van der Waals surface area contributed by atoms with Crippen LogP contribution in [0, 0.1) is 5.41 Å². The van der Waals surface area contributed by atoms with E-state index in [4.69, 9.17) is 22.4 Å². The lowest BCUT2D eigenvalue weighted by Crippen LogP contribution is -2.37. The van der Waals surface area contributed by atoms with Crippen molar-refractivity contribution in [1.29, 1.82) is 0 Å². The van der Waals surface area contributed by atoms with Gasteiger partial charge in [0.15, 0.2) is 19.5 Å². The van der Waals surface area contributed by atoms with Gasteiger partial charge in [0.1, 0.15) is 6.29 Å². The molecule has 0 spiro atoms. The van der Waals surface area contributed by atoms with Crippen molar-refractivity contribution in [3.8, 4) is 0 Å². The third-order valence-electron chi connectivity index (χ3n) is 4.12. The van der Waals surface area contributed by atoms with Crippen molar-refractivity contribution in [3.05, 3.63) is 60.7 Å². The molecule has 0 fully saturated rings. The normalized spacial score (nSPS) is 14.1. The molecule has 164 valence electrons. The first-order valence-electron chi connectivity index (χ1n) is 9.87. The average Bonchev–Trinajstić information content (AvgIpc) is 2.70. The van der Waals surface area contributed by atoms with Crippen LogP contribution in [0.2, 0.25) is 13.1 Å². The van der Waals surface area contributed by atoms with Crippen LogP contribution >= 0.6 is 7.82 Å². The van der Waals surface area contributed by atoms with Crippen LogP contribution in [0.1, 0.15) is 25.0 Å². The molecule has 0 saturated carbocycles. The highest BCUT2D eigenvalue weighted by atomic mass is 31.2. The smallest absolute Gasteiger partial charge is 0.400 e. The van der Waals surface area contributed by atoms with Crippen molar-refractivity contribution < 1.29 is 27.0 Å². The second-order valence-electron chi connectivity index (χ2n) is 7.07. The van der Waals surface area contributed by atoms with Crippen LogP contribution in [0.5, 0.6) is 0 Å². The molecule has 1 rings (SSSR count). The summed E-state index contributed by atoms with van der Waals surface area (Å²) in [6.45, 7) is 15.9. The molecule has 0 aliphatic carbocycles. The van der Waals surface area contributed by atoms with E-state index >= 15 is 0 Å². The fraction of sp³-hybridized carbons (Fsp3) is 0.500. The number of phosphoric acid groups is 1. The van der Waals surface area contributed by atoms with Crippen LogP contribution in [-0.4, -0.2) is 39.0 Å². The van der Waals surface area contributed by atoms with Gasteiger partial charge in [-0.2, -0.15) is 0 Å². The summed E-state index contributed by atoms with van der Waals surface area (Å²) < 4.78 is 40.9. The molecule has 0 N–H and O–H groups in total. The van der Waals surface area contributed by atoms with Crippen molar-refractivity contribution >= 4 is 27.3 Å². The highest BCUT2D eigenvalue weighted by Gasteiger charge is 2.32. The van der Waals surface area contributed by atoms with E-state index < -0.39 is 27.3 Å². The molecule has 9 heteroatoms. The van der Waals surface area contributed by atoms with E-state index in [1.165, 1.54) is 12.2 Å². The lowest BCUT2D eigenvalue weighted by Gasteiger charge is -2.35. The fourth-order valence-corrected chi connectivity index (χ4v) is 5.78. The van der Waals surface area contributed by atoms with Gasteiger partial charge in [-0.05, 0) is 17.5 Å². The van der Waals surface area contributed by atoms with Crippen LogP contribution in [0.25, 0.3) is 0 Å². The van der Waals surface area contributed by atoms with Gasteiger partial charge >= 0.3 is 7.82 Å². The average molecular weight is 459 g/mol. The Hall–Kier alpha value is -0.836. The Balaban J connectivity index is 2.95. The Morgan fingerprint density at radius 1 is 1.00 bits per heavy atom. The Labute approximate surface area is 180 Å². The maximum Gasteiger partial charge on any atom is 0.475 e. The van der Waals surface area contributed by atoms with E-state index in [9.17, 15) is 4.57 Å². The van der Waals surface area contributed by atoms with Crippen molar-refractivity contribution in [2.24, 2.45) is 5.41 Å². The lowest BCUT2D eigenvalue weighted by molar-refractivity contribution is -0.0784. The number of rotatable bonds is 16. The molecule has 0 heterocycles. The van der Waals surface area contributed by atoms with Crippen molar-refractivity contribution in [2.45, 2.75) is 46.3 Å². The molecule has 0 radical (unpaired) electrons. The topological polar surface area (TPSA) is 63.2 Å². The maximum absolute atomic E-state index is 12.8. The SMILES string of the molecule is C=CCOP(=O)(OCC=C)OCc1ccccc1CC(C)(C)C(O[SiH2]C)O[SiH2]C. The minimum atomic E-state index is -3.71. The predicted octanol–water partition coefficient (Wildman–Crippen LogP) is 3.91. The fourth-order valence-electron chi connectivity index (χ4n) is 2.80. The minimum absolute atomic E-state index is 0.0707. The predicted molar refractivity (Wildman–Crippen MR) is 123 cm³/mol. The largest absolute Gasteiger partial charge is 0.475 e. The van der Waals surface area contributed by atoms with Crippen molar-refractivity contribution in [2.75, 3.05) is 13.2 Å². The number of benzene rings is 1. The molecule has 0 aliphatic heterocycles. The van der Waals surface area contributed by atoms with Gasteiger partial charge in [0.05, 0.1) is 19.8 Å². The third kappa shape index (κ3) is 9.23. The Morgan fingerprint density at radius 3 is 2.00 bits per heavy atom. The summed E-state index contributed by atoms with van der Waals surface area (Å²) >= 11 is 0. The van der Waals surface area contributed by atoms with E-state index in [1.807, 2.05) is 24.3 Å². The summed E-state index contributed by atoms with van der Waals surface area (Å²) in [5, 5.41) is 0. The Bertz CT molecular complexity index is 661. The van der Waals surface area contributed by atoms with Gasteiger partial charge in [0.25, 0.3) is 0 Å². The molecule has 29 heavy (non-hydrogen) atoms. The minimum Gasteiger partial charge on any atom is -0.400 e. The first-order valence-corrected chi connectivity index (χ1v) is 15.3. The standard InChI is InChI=1S/C20H35O6PSi2/c1-7-13-22-27(21,23-14-8-2)24-16-18-12-10-9-11-17(18)15-20(3,4)19(25-28-5)26-29-6/h7-12,19H,1-2,13-16,28-29H2,3-6H3. The Morgan fingerprint density at radius 2 is 1.52 bits per heavy atom. The van der Waals surface area contributed by atoms with E-state index in [2.05, 4.69) is 40.1 Å². The van der Waals surface area contributed by atoms with Crippen LogP contribution in [0.3, 0.4) is 0 Å². The quantitative estimate of drug-likeness (QED) is 0.162. The first kappa shape index (κ1) is 26.2. The number of phosphoric ester groups is 1. The van der Waals surface area contributed by atoms with E-state index in [1.54, 1.807) is 0 Å². The van der Waals surface area contributed by atoms with E-state index in [0.717, 1.165) is 17.5 Å². The zero-order valence-electron chi connectivity index (χ0n) is 18.1. The molecular formula is C20H35O6PSi2. The van der Waals surface area contributed by atoms with Gasteiger partial charge in [0.2, 0.25) is 0 Å². The summed E-state index contributed by atoms with van der Waals surface area (Å²) in [5.41, 5.74) is 1.81. The molecule has 1 aromatic carbocycles. The van der Waals surface area contributed by atoms with Crippen molar-refractivity contribution in [1.82, 2.24) is 0 Å². The highest BCUT2D eigenvalue weighted by Crippen LogP contribution is 2.50. The van der Waals surface area contributed by atoms with Gasteiger partial charge in [0, 0.05) is 5.41 Å². The van der Waals surface area contributed by atoms with Gasteiger partial charge in [-0.25, -0.2) is 4.57 Å². The monoisotopic (exact) mass is 458 g/mol. The molecule has 6 nitrogen and oxygen atoms in total. The van der Waals surface area contributed by atoms with E-state index in [-0.39, 0.29) is 31.5 Å². The van der Waals surface area contributed by atoms with E-state index in [0.29, 0.717) is 0 Å². The molecule has 0 bridgehead atoms. The molecule has 1 aromatic rings. The van der Waals surface area contributed by atoms with Crippen LogP contribution in [-0.2, 0) is 40.0 Å². The van der Waals surface area contributed by atoms with Gasteiger partial charge in [-0.3, -0.25) is 13.6 Å².